The number of nitrogens with zero attached hydrogens (tertiary/aromatic N) is 1. The summed E-state index contributed by atoms with van der Waals surface area (Å²) in [4.78, 5) is 4.39. The van der Waals surface area contributed by atoms with Crippen LogP contribution in [0.1, 0.15) is 26.7 Å². The zero-order valence-corrected chi connectivity index (χ0v) is 11.2. The van der Waals surface area contributed by atoms with Crippen molar-refractivity contribution >= 4 is 27.2 Å². The van der Waals surface area contributed by atoms with E-state index in [-0.39, 0.29) is 5.54 Å². The maximum absolute atomic E-state index is 6.28. The lowest BCUT2D eigenvalue weighted by Gasteiger charge is -2.27. The van der Waals surface area contributed by atoms with Gasteiger partial charge >= 0.3 is 0 Å². The van der Waals surface area contributed by atoms with Crippen molar-refractivity contribution in [2.75, 3.05) is 11.9 Å². The van der Waals surface area contributed by atoms with E-state index in [0.29, 0.717) is 0 Å². The zero-order valence-electron chi connectivity index (χ0n) is 10.4. The molecule has 0 saturated carbocycles. The van der Waals surface area contributed by atoms with Gasteiger partial charge < -0.3 is 11.1 Å². The van der Waals surface area contributed by atoms with Crippen molar-refractivity contribution in [1.82, 2.24) is 4.98 Å². The van der Waals surface area contributed by atoms with Gasteiger partial charge in [-0.1, -0.05) is 13.8 Å². The molecule has 17 heavy (non-hydrogen) atoms. The molecular formula is C13H19N3S. The maximum atomic E-state index is 6.28. The molecule has 2 aromatic heterocycles. The van der Waals surface area contributed by atoms with Crippen LogP contribution in [0.5, 0.6) is 0 Å². The fourth-order valence-electron chi connectivity index (χ4n) is 1.80. The van der Waals surface area contributed by atoms with Crippen LogP contribution in [0, 0.1) is 0 Å². The molecule has 2 heterocycles. The predicted molar refractivity (Wildman–Crippen MR) is 75.6 cm³/mol. The summed E-state index contributed by atoms with van der Waals surface area (Å²) >= 11 is 1.74. The molecule has 0 fully saturated rings. The first kappa shape index (κ1) is 12.3. The highest BCUT2D eigenvalue weighted by molar-refractivity contribution is 7.17. The molecule has 0 saturated heterocycles. The number of thiophene rings is 1. The van der Waals surface area contributed by atoms with Crippen LogP contribution in [0.15, 0.2) is 23.7 Å². The van der Waals surface area contributed by atoms with E-state index in [0.717, 1.165) is 25.2 Å². The molecule has 0 aromatic carbocycles. The Morgan fingerprint density at radius 2 is 2.12 bits per heavy atom. The summed E-state index contributed by atoms with van der Waals surface area (Å²) in [5.74, 6) is 0.945. The Morgan fingerprint density at radius 3 is 2.82 bits per heavy atom. The highest BCUT2D eigenvalue weighted by Gasteiger charge is 2.20. The lowest BCUT2D eigenvalue weighted by molar-refractivity contribution is 0.418. The topological polar surface area (TPSA) is 50.9 Å². The van der Waals surface area contributed by atoms with Gasteiger partial charge in [-0.05, 0) is 30.4 Å². The largest absolute Gasteiger partial charge is 0.368 e. The molecule has 2 aromatic rings. The van der Waals surface area contributed by atoms with Crippen LogP contribution in [0.4, 0.5) is 5.82 Å². The first-order chi connectivity index (χ1) is 8.18. The molecule has 3 N–H and O–H groups in total. The van der Waals surface area contributed by atoms with E-state index in [1.807, 2.05) is 12.3 Å². The van der Waals surface area contributed by atoms with Gasteiger partial charge in [-0.2, -0.15) is 0 Å². The SMILES string of the molecule is CCC(N)(CC)CNc1nccc2sccc12. The summed E-state index contributed by atoms with van der Waals surface area (Å²) in [6.45, 7) is 5.02. The lowest BCUT2D eigenvalue weighted by atomic mass is 9.94. The second-order valence-corrected chi connectivity index (χ2v) is 5.36. The Morgan fingerprint density at radius 1 is 1.35 bits per heavy atom. The van der Waals surface area contributed by atoms with Crippen LogP contribution >= 0.6 is 11.3 Å². The molecule has 0 amide bonds. The van der Waals surface area contributed by atoms with E-state index in [4.69, 9.17) is 5.73 Å². The minimum absolute atomic E-state index is 0.139. The van der Waals surface area contributed by atoms with Gasteiger partial charge in [0.2, 0.25) is 0 Å². The van der Waals surface area contributed by atoms with Crippen molar-refractivity contribution in [3.63, 3.8) is 0 Å². The minimum Gasteiger partial charge on any atom is -0.368 e. The fourth-order valence-corrected chi connectivity index (χ4v) is 2.58. The normalized spacial score (nSPS) is 11.9. The fraction of sp³-hybridized carbons (Fsp3) is 0.462. The second kappa shape index (κ2) is 5.02. The highest BCUT2D eigenvalue weighted by atomic mass is 32.1. The first-order valence-electron chi connectivity index (χ1n) is 6.03. The number of hydrogen-bond donors (Lipinski definition) is 2. The smallest absolute Gasteiger partial charge is 0.134 e. The molecule has 0 spiro atoms. The van der Waals surface area contributed by atoms with Crippen molar-refractivity contribution < 1.29 is 0 Å². The number of rotatable bonds is 5. The summed E-state index contributed by atoms with van der Waals surface area (Å²) in [7, 11) is 0. The summed E-state index contributed by atoms with van der Waals surface area (Å²) in [6, 6.07) is 4.14. The summed E-state index contributed by atoms with van der Waals surface area (Å²) in [5.41, 5.74) is 6.14. The van der Waals surface area contributed by atoms with E-state index < -0.39 is 0 Å². The van der Waals surface area contributed by atoms with Gasteiger partial charge in [-0.15, -0.1) is 11.3 Å². The molecule has 4 heteroatoms. The molecule has 0 radical (unpaired) electrons. The van der Waals surface area contributed by atoms with Crippen molar-refractivity contribution in [3.8, 4) is 0 Å². The van der Waals surface area contributed by atoms with E-state index in [1.54, 1.807) is 11.3 Å². The van der Waals surface area contributed by atoms with E-state index in [1.165, 1.54) is 10.1 Å². The van der Waals surface area contributed by atoms with Gasteiger partial charge in [0.05, 0.1) is 0 Å². The van der Waals surface area contributed by atoms with Crippen LogP contribution in [0.25, 0.3) is 10.1 Å². The summed E-state index contributed by atoms with van der Waals surface area (Å²) in [6.07, 6.45) is 3.78. The molecule has 3 nitrogen and oxygen atoms in total. The number of anilines is 1. The molecule has 0 aliphatic rings. The molecule has 2 rings (SSSR count). The Labute approximate surface area is 106 Å². The Bertz CT molecular complexity index is 488. The number of nitrogens with two attached hydrogens (primary N) is 1. The van der Waals surface area contributed by atoms with Gasteiger partial charge in [0.25, 0.3) is 0 Å². The Hall–Kier alpha value is -1.13. The molecule has 0 unspecified atom stereocenters. The zero-order chi connectivity index (χ0) is 12.3. The van der Waals surface area contributed by atoms with Crippen LogP contribution in [-0.2, 0) is 0 Å². The highest BCUT2D eigenvalue weighted by Crippen LogP contribution is 2.26. The minimum atomic E-state index is -0.139. The van der Waals surface area contributed by atoms with Gasteiger partial charge in [0, 0.05) is 28.4 Å². The lowest BCUT2D eigenvalue weighted by Crippen LogP contribution is -2.45. The van der Waals surface area contributed by atoms with Crippen LogP contribution in [0.3, 0.4) is 0 Å². The number of pyridine rings is 1. The van der Waals surface area contributed by atoms with Gasteiger partial charge in [0.15, 0.2) is 0 Å². The number of nitrogens with one attached hydrogen (secondary N) is 1. The van der Waals surface area contributed by atoms with Gasteiger partial charge in [-0.25, -0.2) is 4.98 Å². The van der Waals surface area contributed by atoms with Gasteiger partial charge in [0.1, 0.15) is 5.82 Å². The van der Waals surface area contributed by atoms with Crippen LogP contribution < -0.4 is 11.1 Å². The number of hydrogen-bond acceptors (Lipinski definition) is 4. The van der Waals surface area contributed by atoms with Gasteiger partial charge in [-0.3, -0.25) is 0 Å². The molecule has 92 valence electrons. The van der Waals surface area contributed by atoms with E-state index >= 15 is 0 Å². The Balaban J connectivity index is 2.16. The molecule has 0 aliphatic heterocycles. The average Bonchev–Trinajstić information content (AvgIpc) is 2.84. The number of aromatic nitrogens is 1. The third-order valence-electron chi connectivity index (χ3n) is 3.40. The van der Waals surface area contributed by atoms with Crippen molar-refractivity contribution in [2.24, 2.45) is 5.73 Å². The second-order valence-electron chi connectivity index (χ2n) is 4.42. The molecule has 0 bridgehead atoms. The van der Waals surface area contributed by atoms with Crippen LogP contribution in [-0.4, -0.2) is 17.1 Å². The predicted octanol–water partition coefficient (Wildman–Crippen LogP) is 3.23. The van der Waals surface area contributed by atoms with E-state index in [2.05, 4.69) is 35.6 Å². The standard InChI is InChI=1S/C13H19N3S/c1-3-13(14,4-2)9-16-12-10-6-8-17-11(10)5-7-15-12/h5-8H,3-4,9,14H2,1-2H3,(H,15,16). The first-order valence-corrected chi connectivity index (χ1v) is 6.91. The number of fused-ring (bicyclic) bond motifs is 1. The summed E-state index contributed by atoms with van der Waals surface area (Å²) in [5, 5.41) is 6.66. The molecule has 0 atom stereocenters. The maximum Gasteiger partial charge on any atom is 0.134 e. The Kier molecular flexibility index (Phi) is 3.64. The molecule has 0 aliphatic carbocycles. The van der Waals surface area contributed by atoms with Crippen molar-refractivity contribution in [1.29, 1.82) is 0 Å². The third-order valence-corrected chi connectivity index (χ3v) is 4.28. The van der Waals surface area contributed by atoms with Crippen LogP contribution in [0.2, 0.25) is 0 Å². The monoisotopic (exact) mass is 249 g/mol. The third kappa shape index (κ3) is 2.58. The van der Waals surface area contributed by atoms with Crippen molar-refractivity contribution in [3.05, 3.63) is 23.7 Å². The summed E-state index contributed by atoms with van der Waals surface area (Å²) < 4.78 is 1.26. The molecular weight excluding hydrogens is 230 g/mol. The van der Waals surface area contributed by atoms with E-state index in [9.17, 15) is 0 Å². The van der Waals surface area contributed by atoms with Crippen molar-refractivity contribution in [2.45, 2.75) is 32.2 Å². The quantitative estimate of drug-likeness (QED) is 0.855. The average molecular weight is 249 g/mol.